The highest BCUT2D eigenvalue weighted by atomic mass is 19.2. The van der Waals surface area contributed by atoms with Crippen LogP contribution >= 0.6 is 0 Å². The van der Waals surface area contributed by atoms with Crippen molar-refractivity contribution < 1.29 is 17.6 Å². The number of benzene rings is 2. The Morgan fingerprint density at radius 2 is 1.68 bits per heavy atom. The molecule has 0 saturated carbocycles. The van der Waals surface area contributed by atoms with Crippen LogP contribution in [0.25, 0.3) is 11.4 Å². The zero-order chi connectivity index (χ0) is 19.8. The van der Waals surface area contributed by atoms with Crippen molar-refractivity contribution >= 4 is 5.69 Å². The fourth-order valence-electron chi connectivity index (χ4n) is 3.27. The highest BCUT2D eigenvalue weighted by molar-refractivity contribution is 5.58. The van der Waals surface area contributed by atoms with E-state index < -0.39 is 28.8 Å². The summed E-state index contributed by atoms with van der Waals surface area (Å²) in [4.78, 5) is 10.6. The van der Waals surface area contributed by atoms with E-state index in [0.29, 0.717) is 31.0 Å². The van der Waals surface area contributed by atoms with E-state index in [2.05, 4.69) is 9.97 Å². The zero-order valence-corrected chi connectivity index (χ0v) is 14.7. The standard InChI is InChI=1S/C20H16F4N4/c21-15-7-16(22)19(24)14(18(15)23)10-28-6-5-17-12(9-28)8-26-20(27-17)11-1-3-13(25)4-2-11/h1-4,7-8H,5-6,9-10,25H2. The Hall–Kier alpha value is -3.00. The number of nitrogens with two attached hydrogens (primary N) is 1. The molecule has 1 aliphatic rings. The van der Waals surface area contributed by atoms with E-state index in [9.17, 15) is 17.6 Å². The summed E-state index contributed by atoms with van der Waals surface area (Å²) in [5, 5.41) is 0. The predicted molar refractivity (Wildman–Crippen MR) is 96.0 cm³/mol. The average molecular weight is 388 g/mol. The van der Waals surface area contributed by atoms with Crippen molar-refractivity contribution in [2.75, 3.05) is 12.3 Å². The van der Waals surface area contributed by atoms with E-state index in [1.165, 1.54) is 0 Å². The maximum absolute atomic E-state index is 13.9. The first-order valence-electron chi connectivity index (χ1n) is 8.67. The molecule has 0 fully saturated rings. The molecule has 4 rings (SSSR count). The summed E-state index contributed by atoms with van der Waals surface area (Å²) >= 11 is 0. The highest BCUT2D eigenvalue weighted by Crippen LogP contribution is 2.25. The van der Waals surface area contributed by atoms with Gasteiger partial charge in [-0.3, -0.25) is 4.90 Å². The SMILES string of the molecule is Nc1ccc(-c2ncc3c(n2)CCN(Cc2c(F)c(F)cc(F)c2F)C3)cc1. The summed E-state index contributed by atoms with van der Waals surface area (Å²) in [7, 11) is 0. The smallest absolute Gasteiger partial charge is 0.166 e. The maximum Gasteiger partial charge on any atom is 0.166 e. The second-order valence-corrected chi connectivity index (χ2v) is 6.69. The first kappa shape index (κ1) is 18.4. The van der Waals surface area contributed by atoms with Crippen LogP contribution in [0, 0.1) is 23.3 Å². The largest absolute Gasteiger partial charge is 0.399 e. The molecular formula is C20H16F4N4. The molecule has 3 aromatic rings. The number of rotatable bonds is 3. The Balaban J connectivity index is 1.56. The molecule has 0 saturated heterocycles. The summed E-state index contributed by atoms with van der Waals surface area (Å²) in [6, 6.07) is 7.40. The normalized spacial score (nSPS) is 14.1. The van der Waals surface area contributed by atoms with Crippen molar-refractivity contribution in [3.8, 4) is 11.4 Å². The molecule has 0 bridgehead atoms. The van der Waals surface area contributed by atoms with Crippen molar-refractivity contribution in [1.82, 2.24) is 14.9 Å². The number of halogens is 4. The summed E-state index contributed by atoms with van der Waals surface area (Å²) in [5.74, 6) is -4.96. The van der Waals surface area contributed by atoms with Crippen LogP contribution in [0.15, 0.2) is 36.5 Å². The van der Waals surface area contributed by atoms with E-state index in [-0.39, 0.29) is 12.6 Å². The third-order valence-corrected chi connectivity index (χ3v) is 4.77. The van der Waals surface area contributed by atoms with Crippen LogP contribution in [0.1, 0.15) is 16.8 Å². The number of hydrogen-bond acceptors (Lipinski definition) is 4. The minimum Gasteiger partial charge on any atom is -0.399 e. The molecule has 0 atom stereocenters. The molecule has 0 spiro atoms. The van der Waals surface area contributed by atoms with Gasteiger partial charge < -0.3 is 5.73 Å². The van der Waals surface area contributed by atoms with E-state index in [4.69, 9.17) is 5.73 Å². The Labute approximate surface area is 158 Å². The van der Waals surface area contributed by atoms with Gasteiger partial charge in [-0.2, -0.15) is 0 Å². The third-order valence-electron chi connectivity index (χ3n) is 4.77. The molecule has 1 aromatic heterocycles. The summed E-state index contributed by atoms with van der Waals surface area (Å²) in [6.07, 6.45) is 2.19. The quantitative estimate of drug-likeness (QED) is 0.421. The van der Waals surface area contributed by atoms with Crippen LogP contribution in [-0.4, -0.2) is 21.4 Å². The van der Waals surface area contributed by atoms with Crippen LogP contribution in [0.2, 0.25) is 0 Å². The lowest BCUT2D eigenvalue weighted by Gasteiger charge is -2.28. The highest BCUT2D eigenvalue weighted by Gasteiger charge is 2.24. The number of aromatic nitrogens is 2. The van der Waals surface area contributed by atoms with E-state index in [1.54, 1.807) is 23.2 Å². The van der Waals surface area contributed by atoms with Crippen molar-refractivity contribution in [1.29, 1.82) is 0 Å². The number of fused-ring (bicyclic) bond motifs is 1. The zero-order valence-electron chi connectivity index (χ0n) is 14.7. The van der Waals surface area contributed by atoms with Gasteiger partial charge in [-0.1, -0.05) is 0 Å². The van der Waals surface area contributed by atoms with Crippen LogP contribution < -0.4 is 5.73 Å². The molecule has 0 amide bonds. The molecular weight excluding hydrogens is 372 g/mol. The Morgan fingerprint density at radius 1 is 1.00 bits per heavy atom. The van der Waals surface area contributed by atoms with Crippen LogP contribution in [0.4, 0.5) is 23.2 Å². The lowest BCUT2D eigenvalue weighted by atomic mass is 10.0. The van der Waals surface area contributed by atoms with Gasteiger partial charge in [0.15, 0.2) is 29.1 Å². The van der Waals surface area contributed by atoms with E-state index in [0.717, 1.165) is 16.8 Å². The van der Waals surface area contributed by atoms with Gasteiger partial charge in [0.05, 0.1) is 5.69 Å². The van der Waals surface area contributed by atoms with Gasteiger partial charge in [0.2, 0.25) is 0 Å². The molecule has 1 aliphatic heterocycles. The van der Waals surface area contributed by atoms with Gasteiger partial charge in [-0.05, 0) is 24.3 Å². The summed E-state index contributed by atoms with van der Waals surface area (Å²) < 4.78 is 54.7. The van der Waals surface area contributed by atoms with Crippen molar-refractivity contribution in [2.45, 2.75) is 19.5 Å². The minimum absolute atomic E-state index is 0.215. The monoisotopic (exact) mass is 388 g/mol. The average Bonchev–Trinajstić information content (AvgIpc) is 2.70. The maximum atomic E-state index is 13.9. The summed E-state index contributed by atoms with van der Waals surface area (Å²) in [5.41, 5.74) is 8.20. The molecule has 8 heteroatoms. The van der Waals surface area contributed by atoms with Gasteiger partial charge >= 0.3 is 0 Å². The molecule has 0 aliphatic carbocycles. The van der Waals surface area contributed by atoms with Crippen LogP contribution in [0.3, 0.4) is 0 Å². The second kappa shape index (κ2) is 7.20. The van der Waals surface area contributed by atoms with Crippen LogP contribution in [0.5, 0.6) is 0 Å². The van der Waals surface area contributed by atoms with Crippen LogP contribution in [-0.2, 0) is 19.5 Å². The lowest BCUT2D eigenvalue weighted by Crippen LogP contribution is -2.32. The van der Waals surface area contributed by atoms with Gasteiger partial charge in [0.1, 0.15) is 0 Å². The molecule has 28 heavy (non-hydrogen) atoms. The van der Waals surface area contributed by atoms with Crippen molar-refractivity contribution in [3.05, 3.63) is 76.6 Å². The minimum atomic E-state index is -1.40. The van der Waals surface area contributed by atoms with Gasteiger partial charge in [0.25, 0.3) is 0 Å². The van der Waals surface area contributed by atoms with Crippen molar-refractivity contribution in [2.24, 2.45) is 0 Å². The summed E-state index contributed by atoms with van der Waals surface area (Å²) in [6.45, 7) is 0.530. The molecule has 2 N–H and O–H groups in total. The first-order chi connectivity index (χ1) is 13.4. The van der Waals surface area contributed by atoms with Gasteiger partial charge in [-0.15, -0.1) is 0 Å². The molecule has 0 radical (unpaired) electrons. The predicted octanol–water partition coefficient (Wildman–Crippen LogP) is 3.84. The number of nitrogen functional groups attached to an aromatic ring is 1. The second-order valence-electron chi connectivity index (χ2n) is 6.69. The fourth-order valence-corrected chi connectivity index (χ4v) is 3.27. The molecule has 4 nitrogen and oxygen atoms in total. The number of anilines is 1. The Bertz CT molecular complexity index is 1010. The number of hydrogen-bond donors (Lipinski definition) is 1. The first-order valence-corrected chi connectivity index (χ1v) is 8.67. The lowest BCUT2D eigenvalue weighted by molar-refractivity contribution is 0.233. The van der Waals surface area contributed by atoms with E-state index in [1.807, 2.05) is 12.1 Å². The van der Waals surface area contributed by atoms with Gasteiger partial charge in [-0.25, -0.2) is 27.5 Å². The molecule has 144 valence electrons. The Kier molecular flexibility index (Phi) is 4.72. The topological polar surface area (TPSA) is 55.0 Å². The number of nitrogens with zero attached hydrogens (tertiary/aromatic N) is 3. The molecule has 0 unspecified atom stereocenters. The van der Waals surface area contributed by atoms with E-state index >= 15 is 0 Å². The Morgan fingerprint density at radius 3 is 2.36 bits per heavy atom. The van der Waals surface area contributed by atoms with Crippen molar-refractivity contribution in [3.63, 3.8) is 0 Å². The molecule has 2 aromatic carbocycles. The molecule has 2 heterocycles. The fraction of sp³-hybridized carbons (Fsp3) is 0.200. The van der Waals surface area contributed by atoms with Gasteiger partial charge in [0, 0.05) is 60.7 Å². The third kappa shape index (κ3) is 3.43.